The monoisotopic (exact) mass is 253 g/mol. The van der Waals surface area contributed by atoms with Crippen LogP contribution in [0.3, 0.4) is 0 Å². The minimum absolute atomic E-state index is 0.507. The topological polar surface area (TPSA) is 22.1 Å². The fourth-order valence-electron chi connectivity index (χ4n) is 2.81. The molecular formula is C17H19NO. The van der Waals surface area contributed by atoms with E-state index in [1.807, 2.05) is 25.1 Å². The highest BCUT2D eigenvalue weighted by molar-refractivity contribution is 5.32. The third kappa shape index (κ3) is 2.78. The Labute approximate surface area is 114 Å². The average molecular weight is 253 g/mol. The Morgan fingerprint density at radius 3 is 2.95 bits per heavy atom. The molecule has 1 heterocycles. The summed E-state index contributed by atoms with van der Waals surface area (Å²) in [6.45, 7) is 2.72. The molecule has 0 spiro atoms. The van der Waals surface area contributed by atoms with E-state index in [2.05, 4.69) is 29.2 Å². The number of nitrogens with zero attached hydrogens (tertiary/aromatic N) is 1. The van der Waals surface area contributed by atoms with Crippen molar-refractivity contribution in [2.24, 2.45) is 0 Å². The van der Waals surface area contributed by atoms with Gasteiger partial charge < -0.3 is 4.74 Å². The summed E-state index contributed by atoms with van der Waals surface area (Å²) >= 11 is 0. The van der Waals surface area contributed by atoms with Gasteiger partial charge in [-0.3, -0.25) is 0 Å². The van der Waals surface area contributed by atoms with Crippen LogP contribution in [0.5, 0.6) is 5.88 Å². The molecule has 1 aliphatic rings. The SMILES string of the molecule is Cc1cccc(OCC2CCCc3ccccc32)n1. The van der Waals surface area contributed by atoms with Crippen molar-refractivity contribution < 1.29 is 4.74 Å². The largest absolute Gasteiger partial charge is 0.477 e. The Bertz CT molecular complexity index is 565. The summed E-state index contributed by atoms with van der Waals surface area (Å²) in [5.74, 6) is 1.25. The van der Waals surface area contributed by atoms with E-state index in [0.29, 0.717) is 5.92 Å². The van der Waals surface area contributed by atoms with Crippen LogP contribution >= 0.6 is 0 Å². The molecule has 1 aromatic heterocycles. The van der Waals surface area contributed by atoms with Gasteiger partial charge in [0.15, 0.2) is 0 Å². The molecule has 1 aromatic carbocycles. The highest BCUT2D eigenvalue weighted by Gasteiger charge is 2.20. The molecule has 0 bridgehead atoms. The summed E-state index contributed by atoms with van der Waals surface area (Å²) in [4.78, 5) is 4.39. The molecule has 98 valence electrons. The number of benzene rings is 1. The molecular weight excluding hydrogens is 234 g/mol. The van der Waals surface area contributed by atoms with Crippen molar-refractivity contribution in [3.05, 3.63) is 59.3 Å². The van der Waals surface area contributed by atoms with Crippen molar-refractivity contribution in [2.75, 3.05) is 6.61 Å². The minimum atomic E-state index is 0.507. The molecule has 2 heteroatoms. The van der Waals surface area contributed by atoms with Crippen LogP contribution < -0.4 is 4.74 Å². The zero-order valence-electron chi connectivity index (χ0n) is 11.3. The van der Waals surface area contributed by atoms with Crippen molar-refractivity contribution >= 4 is 0 Å². The average Bonchev–Trinajstić information content (AvgIpc) is 2.45. The second-order valence-electron chi connectivity index (χ2n) is 5.22. The minimum Gasteiger partial charge on any atom is -0.477 e. The highest BCUT2D eigenvalue weighted by Crippen LogP contribution is 2.31. The molecule has 2 nitrogen and oxygen atoms in total. The highest BCUT2D eigenvalue weighted by atomic mass is 16.5. The van der Waals surface area contributed by atoms with E-state index in [-0.39, 0.29) is 0 Å². The maximum absolute atomic E-state index is 5.87. The van der Waals surface area contributed by atoms with E-state index in [0.717, 1.165) is 18.2 Å². The van der Waals surface area contributed by atoms with Gasteiger partial charge in [-0.2, -0.15) is 0 Å². The lowest BCUT2D eigenvalue weighted by molar-refractivity contribution is 0.265. The van der Waals surface area contributed by atoms with E-state index < -0.39 is 0 Å². The van der Waals surface area contributed by atoms with Gasteiger partial charge in [-0.05, 0) is 43.4 Å². The lowest BCUT2D eigenvalue weighted by atomic mass is 9.83. The first-order valence-electron chi connectivity index (χ1n) is 6.97. The summed E-state index contributed by atoms with van der Waals surface area (Å²) in [5.41, 5.74) is 3.95. The molecule has 3 rings (SSSR count). The summed E-state index contributed by atoms with van der Waals surface area (Å²) in [6.07, 6.45) is 3.67. The van der Waals surface area contributed by atoms with Gasteiger partial charge in [0, 0.05) is 17.7 Å². The van der Waals surface area contributed by atoms with E-state index in [4.69, 9.17) is 4.74 Å². The van der Waals surface area contributed by atoms with Crippen LogP contribution in [-0.2, 0) is 6.42 Å². The number of fused-ring (bicyclic) bond motifs is 1. The zero-order chi connectivity index (χ0) is 13.1. The normalized spacial score (nSPS) is 17.8. The van der Waals surface area contributed by atoms with Crippen LogP contribution in [0.15, 0.2) is 42.5 Å². The molecule has 0 aliphatic heterocycles. The van der Waals surface area contributed by atoms with Gasteiger partial charge in [0.1, 0.15) is 0 Å². The van der Waals surface area contributed by atoms with E-state index in [1.165, 1.54) is 30.4 Å². The van der Waals surface area contributed by atoms with Crippen molar-refractivity contribution in [3.8, 4) is 5.88 Å². The predicted octanol–water partition coefficient (Wildman–Crippen LogP) is 3.89. The van der Waals surface area contributed by atoms with Gasteiger partial charge in [-0.25, -0.2) is 4.98 Å². The van der Waals surface area contributed by atoms with Gasteiger partial charge >= 0.3 is 0 Å². The van der Waals surface area contributed by atoms with Crippen LogP contribution in [0.1, 0.15) is 35.6 Å². The maximum Gasteiger partial charge on any atom is 0.213 e. The summed E-state index contributed by atoms with van der Waals surface area (Å²) in [5, 5.41) is 0. The summed E-state index contributed by atoms with van der Waals surface area (Å²) < 4.78 is 5.87. The number of hydrogen-bond donors (Lipinski definition) is 0. The van der Waals surface area contributed by atoms with Gasteiger partial charge in [0.05, 0.1) is 6.61 Å². The first-order chi connectivity index (χ1) is 9.33. The third-order valence-electron chi connectivity index (χ3n) is 3.79. The molecule has 2 aromatic rings. The lowest BCUT2D eigenvalue weighted by Gasteiger charge is -2.25. The quantitative estimate of drug-likeness (QED) is 0.828. The Hall–Kier alpha value is -1.83. The van der Waals surface area contributed by atoms with Gasteiger partial charge in [0.25, 0.3) is 0 Å². The fraction of sp³-hybridized carbons (Fsp3) is 0.353. The van der Waals surface area contributed by atoms with Crippen molar-refractivity contribution in [1.82, 2.24) is 4.98 Å². The zero-order valence-corrected chi connectivity index (χ0v) is 11.3. The summed E-state index contributed by atoms with van der Waals surface area (Å²) in [6, 6.07) is 14.7. The molecule has 1 aliphatic carbocycles. The smallest absolute Gasteiger partial charge is 0.213 e. The molecule has 0 N–H and O–H groups in total. The molecule has 1 atom stereocenters. The predicted molar refractivity (Wildman–Crippen MR) is 76.6 cm³/mol. The second-order valence-corrected chi connectivity index (χ2v) is 5.22. The lowest BCUT2D eigenvalue weighted by Crippen LogP contribution is -2.16. The van der Waals surface area contributed by atoms with E-state index in [9.17, 15) is 0 Å². The fourth-order valence-corrected chi connectivity index (χ4v) is 2.81. The van der Waals surface area contributed by atoms with Crippen LogP contribution in [0, 0.1) is 6.92 Å². The van der Waals surface area contributed by atoms with Crippen molar-refractivity contribution in [3.63, 3.8) is 0 Å². The van der Waals surface area contributed by atoms with Crippen LogP contribution in [0.2, 0.25) is 0 Å². The Balaban J connectivity index is 1.71. The standard InChI is InChI=1S/C17H19NO/c1-13-6-4-11-17(18-13)19-12-15-9-5-8-14-7-2-3-10-16(14)15/h2-4,6-7,10-11,15H,5,8-9,12H2,1H3. The van der Waals surface area contributed by atoms with Crippen LogP contribution in [0.25, 0.3) is 0 Å². The number of rotatable bonds is 3. The number of ether oxygens (including phenoxy) is 1. The van der Waals surface area contributed by atoms with Gasteiger partial charge in [-0.15, -0.1) is 0 Å². The molecule has 0 amide bonds. The molecule has 0 radical (unpaired) electrons. The Morgan fingerprint density at radius 1 is 1.16 bits per heavy atom. The van der Waals surface area contributed by atoms with Gasteiger partial charge in [0.2, 0.25) is 5.88 Å². The number of aromatic nitrogens is 1. The van der Waals surface area contributed by atoms with Crippen LogP contribution in [0.4, 0.5) is 0 Å². The van der Waals surface area contributed by atoms with Crippen molar-refractivity contribution in [2.45, 2.75) is 32.1 Å². The van der Waals surface area contributed by atoms with Crippen LogP contribution in [-0.4, -0.2) is 11.6 Å². The Kier molecular flexibility index (Phi) is 3.49. The maximum atomic E-state index is 5.87. The van der Waals surface area contributed by atoms with Crippen molar-refractivity contribution in [1.29, 1.82) is 0 Å². The van der Waals surface area contributed by atoms with E-state index >= 15 is 0 Å². The number of aryl methyl sites for hydroxylation is 2. The third-order valence-corrected chi connectivity index (χ3v) is 3.79. The molecule has 1 unspecified atom stereocenters. The number of pyridine rings is 1. The first-order valence-corrected chi connectivity index (χ1v) is 6.97. The number of hydrogen-bond acceptors (Lipinski definition) is 2. The molecule has 19 heavy (non-hydrogen) atoms. The molecule has 0 fully saturated rings. The summed E-state index contributed by atoms with van der Waals surface area (Å²) in [7, 11) is 0. The molecule has 0 saturated heterocycles. The van der Waals surface area contributed by atoms with Gasteiger partial charge in [-0.1, -0.05) is 30.3 Å². The molecule has 0 saturated carbocycles. The second kappa shape index (κ2) is 5.43. The van der Waals surface area contributed by atoms with E-state index in [1.54, 1.807) is 0 Å². The Morgan fingerprint density at radius 2 is 2.05 bits per heavy atom. The first kappa shape index (κ1) is 12.2.